The van der Waals surface area contributed by atoms with Gasteiger partial charge in [0.15, 0.2) is 0 Å². The van der Waals surface area contributed by atoms with Gasteiger partial charge in [-0.25, -0.2) is 9.78 Å². The lowest BCUT2D eigenvalue weighted by Gasteiger charge is -2.04. The van der Waals surface area contributed by atoms with Crippen molar-refractivity contribution in [3.05, 3.63) is 46.7 Å². The standard InChI is InChI=1S/C15H12N2O4S2/c1-20-15(19)11-3-5-22-14(11)17-12(18)6-10-8-23-13(16-10)9-2-4-21-7-9/h2-5,7-8H,6H2,1H3,(H,17,18). The molecule has 1 amide bonds. The Hall–Kier alpha value is -2.45. The molecule has 3 aromatic rings. The van der Waals surface area contributed by atoms with E-state index >= 15 is 0 Å². The third kappa shape index (κ3) is 3.49. The number of nitrogens with zero attached hydrogens (tertiary/aromatic N) is 1. The van der Waals surface area contributed by atoms with Crippen LogP contribution in [0.4, 0.5) is 5.00 Å². The van der Waals surface area contributed by atoms with Gasteiger partial charge >= 0.3 is 5.97 Å². The van der Waals surface area contributed by atoms with Gasteiger partial charge in [0.25, 0.3) is 0 Å². The Balaban J connectivity index is 1.66. The highest BCUT2D eigenvalue weighted by molar-refractivity contribution is 7.14. The zero-order chi connectivity index (χ0) is 16.2. The molecule has 0 atom stereocenters. The monoisotopic (exact) mass is 348 g/mol. The van der Waals surface area contributed by atoms with Gasteiger partial charge in [-0.15, -0.1) is 22.7 Å². The molecule has 6 nitrogen and oxygen atoms in total. The zero-order valence-electron chi connectivity index (χ0n) is 12.1. The third-order valence-electron chi connectivity index (χ3n) is 2.99. The van der Waals surface area contributed by atoms with Crippen LogP contribution in [0.15, 0.2) is 39.8 Å². The lowest BCUT2D eigenvalue weighted by atomic mass is 10.3. The molecular formula is C15H12N2O4S2. The van der Waals surface area contributed by atoms with E-state index in [1.54, 1.807) is 24.0 Å². The van der Waals surface area contributed by atoms with Crippen molar-refractivity contribution in [1.29, 1.82) is 0 Å². The van der Waals surface area contributed by atoms with Crippen molar-refractivity contribution in [3.63, 3.8) is 0 Å². The normalized spacial score (nSPS) is 10.5. The maximum atomic E-state index is 12.1. The van der Waals surface area contributed by atoms with E-state index in [0.29, 0.717) is 16.3 Å². The van der Waals surface area contributed by atoms with Gasteiger partial charge in [-0.3, -0.25) is 4.79 Å². The van der Waals surface area contributed by atoms with E-state index in [1.807, 2.05) is 11.4 Å². The van der Waals surface area contributed by atoms with E-state index in [-0.39, 0.29) is 12.3 Å². The first-order valence-corrected chi connectivity index (χ1v) is 8.36. The van der Waals surface area contributed by atoms with Crippen molar-refractivity contribution in [2.75, 3.05) is 12.4 Å². The van der Waals surface area contributed by atoms with Crippen LogP contribution in [0.3, 0.4) is 0 Å². The van der Waals surface area contributed by atoms with Crippen LogP contribution in [0.25, 0.3) is 10.6 Å². The molecule has 1 N–H and O–H groups in total. The molecule has 0 aliphatic rings. The summed E-state index contributed by atoms with van der Waals surface area (Å²) in [5.74, 6) is -0.709. The lowest BCUT2D eigenvalue weighted by molar-refractivity contribution is -0.115. The number of ether oxygens (including phenoxy) is 1. The Kier molecular flexibility index (Phi) is 4.54. The number of methoxy groups -OCH3 is 1. The first-order chi connectivity index (χ1) is 11.2. The van der Waals surface area contributed by atoms with Gasteiger partial charge in [0.2, 0.25) is 5.91 Å². The molecule has 23 heavy (non-hydrogen) atoms. The smallest absolute Gasteiger partial charge is 0.340 e. The predicted molar refractivity (Wildman–Crippen MR) is 87.8 cm³/mol. The summed E-state index contributed by atoms with van der Waals surface area (Å²) < 4.78 is 9.70. The molecule has 118 valence electrons. The van der Waals surface area contributed by atoms with E-state index in [9.17, 15) is 9.59 Å². The quantitative estimate of drug-likeness (QED) is 0.714. The number of carbonyl (C=O) groups excluding carboxylic acids is 2. The fraction of sp³-hybridized carbons (Fsp3) is 0.133. The molecule has 0 fully saturated rings. The second kappa shape index (κ2) is 6.76. The molecular weight excluding hydrogens is 336 g/mol. The third-order valence-corrected chi connectivity index (χ3v) is 4.76. The summed E-state index contributed by atoms with van der Waals surface area (Å²) in [4.78, 5) is 28.1. The summed E-state index contributed by atoms with van der Waals surface area (Å²) in [5.41, 5.74) is 1.90. The van der Waals surface area contributed by atoms with Gasteiger partial charge < -0.3 is 14.5 Å². The molecule has 0 aliphatic heterocycles. The minimum absolute atomic E-state index is 0.132. The number of anilines is 1. The number of esters is 1. The van der Waals surface area contributed by atoms with E-state index < -0.39 is 5.97 Å². The van der Waals surface area contributed by atoms with Crippen LogP contribution in [0.5, 0.6) is 0 Å². The Morgan fingerprint density at radius 2 is 2.22 bits per heavy atom. The lowest BCUT2D eigenvalue weighted by Crippen LogP contribution is -2.16. The number of carbonyl (C=O) groups is 2. The van der Waals surface area contributed by atoms with Crippen LogP contribution in [0.1, 0.15) is 16.1 Å². The molecule has 0 aliphatic carbocycles. The van der Waals surface area contributed by atoms with Gasteiger partial charge in [0, 0.05) is 10.9 Å². The second-order valence-corrected chi connectivity index (χ2v) is 6.31. The Morgan fingerprint density at radius 3 is 2.96 bits per heavy atom. The first-order valence-electron chi connectivity index (χ1n) is 6.60. The summed E-state index contributed by atoms with van der Waals surface area (Å²) in [6, 6.07) is 3.43. The predicted octanol–water partition coefficient (Wildman–Crippen LogP) is 3.43. The summed E-state index contributed by atoms with van der Waals surface area (Å²) >= 11 is 2.72. The molecule has 0 unspecified atom stereocenters. The van der Waals surface area contributed by atoms with Gasteiger partial charge in [-0.1, -0.05) is 0 Å². The summed E-state index contributed by atoms with van der Waals surface area (Å²) in [6.45, 7) is 0. The second-order valence-electron chi connectivity index (χ2n) is 4.54. The van der Waals surface area contributed by atoms with Crippen molar-refractivity contribution >= 4 is 39.6 Å². The minimum atomic E-state index is -0.475. The largest absolute Gasteiger partial charge is 0.472 e. The maximum Gasteiger partial charge on any atom is 0.340 e. The van der Waals surface area contributed by atoms with E-state index in [0.717, 1.165) is 10.6 Å². The number of hydrogen-bond donors (Lipinski definition) is 1. The zero-order valence-corrected chi connectivity index (χ0v) is 13.7. The molecule has 3 aromatic heterocycles. The van der Waals surface area contributed by atoms with E-state index in [1.165, 1.54) is 29.8 Å². The fourth-order valence-corrected chi connectivity index (χ4v) is 3.52. The molecule has 8 heteroatoms. The fourth-order valence-electron chi connectivity index (χ4n) is 1.92. The summed E-state index contributed by atoms with van der Waals surface area (Å²) in [6.07, 6.45) is 3.32. The highest BCUT2D eigenvalue weighted by Gasteiger charge is 2.16. The van der Waals surface area contributed by atoms with Crippen molar-refractivity contribution < 1.29 is 18.7 Å². The average molecular weight is 348 g/mol. The van der Waals surface area contributed by atoms with Crippen LogP contribution in [0.2, 0.25) is 0 Å². The molecule has 3 rings (SSSR count). The van der Waals surface area contributed by atoms with Crippen molar-refractivity contribution in [2.24, 2.45) is 0 Å². The van der Waals surface area contributed by atoms with Crippen LogP contribution < -0.4 is 5.32 Å². The van der Waals surface area contributed by atoms with Crippen molar-refractivity contribution in [3.8, 4) is 10.6 Å². The first kappa shape index (κ1) is 15.4. The average Bonchev–Trinajstić information content (AvgIpc) is 3.27. The van der Waals surface area contributed by atoms with Crippen LogP contribution in [0, 0.1) is 0 Å². The molecule has 0 radical (unpaired) electrons. The number of thiazole rings is 1. The molecule has 0 bridgehead atoms. The Labute approximate surface area is 139 Å². The van der Waals surface area contributed by atoms with Crippen molar-refractivity contribution in [2.45, 2.75) is 6.42 Å². The molecule has 0 saturated carbocycles. The van der Waals surface area contributed by atoms with E-state index in [4.69, 9.17) is 4.42 Å². The Bertz CT molecular complexity index is 820. The molecule has 0 saturated heterocycles. The molecule has 0 aromatic carbocycles. The number of nitrogens with one attached hydrogen (secondary N) is 1. The van der Waals surface area contributed by atoms with Gasteiger partial charge in [0.05, 0.1) is 31.1 Å². The minimum Gasteiger partial charge on any atom is -0.472 e. The van der Waals surface area contributed by atoms with Crippen LogP contribution in [-0.2, 0) is 16.0 Å². The van der Waals surface area contributed by atoms with E-state index in [2.05, 4.69) is 15.0 Å². The number of amides is 1. The topological polar surface area (TPSA) is 81.4 Å². The number of thiophene rings is 1. The Morgan fingerprint density at radius 1 is 1.35 bits per heavy atom. The van der Waals surface area contributed by atoms with Gasteiger partial charge in [-0.05, 0) is 17.5 Å². The van der Waals surface area contributed by atoms with Crippen molar-refractivity contribution in [1.82, 2.24) is 4.98 Å². The van der Waals surface area contributed by atoms with Crippen LogP contribution in [-0.4, -0.2) is 24.0 Å². The van der Waals surface area contributed by atoms with Gasteiger partial charge in [0.1, 0.15) is 16.3 Å². The molecule has 0 spiro atoms. The molecule has 3 heterocycles. The number of aromatic nitrogens is 1. The number of rotatable bonds is 5. The highest BCUT2D eigenvalue weighted by Crippen LogP contribution is 2.26. The van der Waals surface area contributed by atoms with Crippen LogP contribution >= 0.6 is 22.7 Å². The number of hydrogen-bond acceptors (Lipinski definition) is 7. The summed E-state index contributed by atoms with van der Waals surface area (Å²) in [7, 11) is 1.30. The highest BCUT2D eigenvalue weighted by atomic mass is 32.1. The van der Waals surface area contributed by atoms with Gasteiger partial charge in [-0.2, -0.15) is 0 Å². The summed E-state index contributed by atoms with van der Waals surface area (Å²) in [5, 5.41) is 7.56. The SMILES string of the molecule is COC(=O)c1ccsc1NC(=O)Cc1csc(-c2ccoc2)n1. The number of furan rings is 1. The maximum absolute atomic E-state index is 12.1.